The van der Waals surface area contributed by atoms with E-state index in [0.717, 1.165) is 28.3 Å². The Morgan fingerprint density at radius 2 is 2.00 bits per heavy atom. The molecule has 0 N–H and O–H groups in total. The van der Waals surface area contributed by atoms with Crippen LogP contribution in [0.25, 0.3) is 0 Å². The second kappa shape index (κ2) is 6.02. The summed E-state index contributed by atoms with van der Waals surface area (Å²) < 4.78 is 5.27. The summed E-state index contributed by atoms with van der Waals surface area (Å²) in [6, 6.07) is 15.8. The third-order valence-electron chi connectivity index (χ3n) is 3.86. The van der Waals surface area contributed by atoms with Crippen molar-refractivity contribution in [2.75, 3.05) is 25.6 Å². The molecule has 3 rings (SSSR count). The highest BCUT2D eigenvalue weighted by atomic mass is 16.5. The van der Waals surface area contributed by atoms with Gasteiger partial charge in [-0.3, -0.25) is 9.79 Å². The molecule has 0 bridgehead atoms. The number of nitrogens with zero attached hydrogens (tertiary/aromatic N) is 2. The van der Waals surface area contributed by atoms with Gasteiger partial charge in [0, 0.05) is 24.7 Å². The fourth-order valence-electron chi connectivity index (χ4n) is 2.63. The average Bonchev–Trinajstić information content (AvgIpc) is 2.68. The quantitative estimate of drug-likeness (QED) is 0.873. The van der Waals surface area contributed by atoms with Crippen LogP contribution in [0, 0.1) is 0 Å². The zero-order chi connectivity index (χ0) is 15.5. The number of benzene rings is 2. The number of carbonyl (C=O) groups is 1. The Kier molecular flexibility index (Phi) is 3.92. The number of anilines is 1. The predicted molar refractivity (Wildman–Crippen MR) is 88.0 cm³/mol. The number of hydrogen-bond acceptors (Lipinski definition) is 3. The predicted octanol–water partition coefficient (Wildman–Crippen LogP) is 2.70. The molecule has 0 aliphatic carbocycles. The van der Waals surface area contributed by atoms with Gasteiger partial charge in [0.2, 0.25) is 5.91 Å². The number of likely N-dealkylation sites (N-methyl/N-ethyl adjacent to an activating group) is 1. The molecule has 0 saturated carbocycles. The van der Waals surface area contributed by atoms with Gasteiger partial charge in [-0.15, -0.1) is 0 Å². The molecular formula is C18H18N2O2. The van der Waals surface area contributed by atoms with Crippen molar-refractivity contribution < 1.29 is 9.53 Å². The van der Waals surface area contributed by atoms with Crippen molar-refractivity contribution in [2.45, 2.75) is 6.42 Å². The molecule has 112 valence electrons. The van der Waals surface area contributed by atoms with Gasteiger partial charge in [0.1, 0.15) is 12.3 Å². The van der Waals surface area contributed by atoms with E-state index >= 15 is 0 Å². The molecule has 0 saturated heterocycles. The monoisotopic (exact) mass is 294 g/mol. The van der Waals surface area contributed by atoms with Crippen molar-refractivity contribution in [3.8, 4) is 5.75 Å². The number of para-hydroxylation sites is 1. The standard InChI is InChI=1S/C18H18N2O2/c1-20-17-9-4-3-8-15(17)16(19-12-18(20)21)11-13-6-5-7-14(10-13)22-2/h3-10H,11-12H2,1-2H3. The molecule has 1 amide bonds. The van der Waals surface area contributed by atoms with Crippen LogP contribution in [-0.2, 0) is 11.2 Å². The number of carbonyl (C=O) groups excluding carboxylic acids is 1. The molecule has 0 atom stereocenters. The highest BCUT2D eigenvalue weighted by Gasteiger charge is 2.21. The van der Waals surface area contributed by atoms with Crippen LogP contribution in [-0.4, -0.2) is 32.3 Å². The highest BCUT2D eigenvalue weighted by Crippen LogP contribution is 2.25. The number of aliphatic imine (C=N–C) groups is 1. The molecule has 1 aliphatic rings. The SMILES string of the molecule is COc1cccc(CC2=NCC(=O)N(C)c3ccccc32)c1. The van der Waals surface area contributed by atoms with Crippen molar-refractivity contribution in [2.24, 2.45) is 4.99 Å². The summed E-state index contributed by atoms with van der Waals surface area (Å²) in [4.78, 5) is 18.3. The van der Waals surface area contributed by atoms with Crippen molar-refractivity contribution in [3.05, 3.63) is 59.7 Å². The van der Waals surface area contributed by atoms with E-state index in [4.69, 9.17) is 4.74 Å². The Labute approximate surface area is 130 Å². The third-order valence-corrected chi connectivity index (χ3v) is 3.86. The van der Waals surface area contributed by atoms with Crippen LogP contribution in [0.5, 0.6) is 5.75 Å². The lowest BCUT2D eigenvalue weighted by atomic mass is 10.00. The Morgan fingerprint density at radius 1 is 1.18 bits per heavy atom. The summed E-state index contributed by atoms with van der Waals surface area (Å²) in [6.45, 7) is 0.185. The number of rotatable bonds is 3. The minimum atomic E-state index is 0.00749. The molecular weight excluding hydrogens is 276 g/mol. The molecule has 0 fully saturated rings. The van der Waals surface area contributed by atoms with Gasteiger partial charge in [0.15, 0.2) is 0 Å². The van der Waals surface area contributed by atoms with Crippen LogP contribution in [0.4, 0.5) is 5.69 Å². The van der Waals surface area contributed by atoms with Crippen LogP contribution >= 0.6 is 0 Å². The van der Waals surface area contributed by atoms with Crippen LogP contribution in [0.1, 0.15) is 11.1 Å². The largest absolute Gasteiger partial charge is 0.497 e. The lowest BCUT2D eigenvalue weighted by Gasteiger charge is -2.17. The molecule has 0 unspecified atom stereocenters. The fraction of sp³-hybridized carbons (Fsp3) is 0.222. The normalized spacial score (nSPS) is 14.2. The topological polar surface area (TPSA) is 41.9 Å². The number of ether oxygens (including phenoxy) is 1. The smallest absolute Gasteiger partial charge is 0.248 e. The Morgan fingerprint density at radius 3 is 2.82 bits per heavy atom. The van der Waals surface area contributed by atoms with Gasteiger partial charge < -0.3 is 9.64 Å². The van der Waals surface area contributed by atoms with Crippen LogP contribution < -0.4 is 9.64 Å². The molecule has 0 radical (unpaired) electrons. The van der Waals surface area contributed by atoms with E-state index in [0.29, 0.717) is 6.42 Å². The Balaban J connectivity index is 1.99. The van der Waals surface area contributed by atoms with Crippen molar-refractivity contribution in [3.63, 3.8) is 0 Å². The first kappa shape index (κ1) is 14.3. The van der Waals surface area contributed by atoms with E-state index in [1.54, 1.807) is 19.1 Å². The molecule has 4 heteroatoms. The minimum absolute atomic E-state index is 0.00749. The molecule has 2 aromatic carbocycles. The summed E-state index contributed by atoms with van der Waals surface area (Å²) in [7, 11) is 3.45. The van der Waals surface area contributed by atoms with Crippen molar-refractivity contribution >= 4 is 17.3 Å². The first-order valence-electron chi connectivity index (χ1n) is 7.21. The van der Waals surface area contributed by atoms with Crippen molar-refractivity contribution in [1.82, 2.24) is 0 Å². The van der Waals surface area contributed by atoms with E-state index in [1.807, 2.05) is 48.5 Å². The Hall–Kier alpha value is -2.62. The minimum Gasteiger partial charge on any atom is -0.497 e. The van der Waals surface area contributed by atoms with Gasteiger partial charge in [0.25, 0.3) is 0 Å². The molecule has 0 spiro atoms. The first-order valence-corrected chi connectivity index (χ1v) is 7.21. The van der Waals surface area contributed by atoms with E-state index in [-0.39, 0.29) is 12.5 Å². The van der Waals surface area contributed by atoms with Gasteiger partial charge in [0.05, 0.1) is 12.8 Å². The fourth-order valence-corrected chi connectivity index (χ4v) is 2.63. The third kappa shape index (κ3) is 2.72. The summed E-state index contributed by atoms with van der Waals surface area (Å²) in [5, 5.41) is 0. The number of amides is 1. The maximum absolute atomic E-state index is 12.1. The zero-order valence-corrected chi connectivity index (χ0v) is 12.7. The lowest BCUT2D eigenvalue weighted by Crippen LogP contribution is -2.27. The van der Waals surface area contributed by atoms with E-state index in [2.05, 4.69) is 4.99 Å². The molecule has 1 heterocycles. The summed E-state index contributed by atoms with van der Waals surface area (Å²) in [6.07, 6.45) is 0.676. The number of benzodiazepines with no additional fused rings is 1. The van der Waals surface area contributed by atoms with Crippen LogP contribution in [0.15, 0.2) is 53.5 Å². The molecule has 2 aromatic rings. The Bertz CT molecular complexity index is 737. The second-order valence-corrected chi connectivity index (χ2v) is 5.26. The highest BCUT2D eigenvalue weighted by molar-refractivity contribution is 6.12. The van der Waals surface area contributed by atoms with E-state index in [1.165, 1.54) is 0 Å². The van der Waals surface area contributed by atoms with E-state index in [9.17, 15) is 4.79 Å². The zero-order valence-electron chi connectivity index (χ0n) is 12.7. The number of hydrogen-bond donors (Lipinski definition) is 0. The van der Waals surface area contributed by atoms with Crippen LogP contribution in [0.2, 0.25) is 0 Å². The summed E-state index contributed by atoms with van der Waals surface area (Å²) in [5.41, 5.74) is 3.97. The van der Waals surface area contributed by atoms with Gasteiger partial charge in [-0.2, -0.15) is 0 Å². The maximum atomic E-state index is 12.1. The molecule has 22 heavy (non-hydrogen) atoms. The summed E-state index contributed by atoms with van der Waals surface area (Å²) in [5.74, 6) is 0.835. The number of fused-ring (bicyclic) bond motifs is 1. The van der Waals surface area contributed by atoms with Gasteiger partial charge in [-0.1, -0.05) is 30.3 Å². The molecule has 0 aromatic heterocycles. The molecule has 1 aliphatic heterocycles. The molecule has 4 nitrogen and oxygen atoms in total. The van der Waals surface area contributed by atoms with Crippen molar-refractivity contribution in [1.29, 1.82) is 0 Å². The number of methoxy groups -OCH3 is 1. The lowest BCUT2D eigenvalue weighted by molar-refractivity contribution is -0.116. The maximum Gasteiger partial charge on any atom is 0.248 e. The van der Waals surface area contributed by atoms with Crippen LogP contribution in [0.3, 0.4) is 0 Å². The average molecular weight is 294 g/mol. The summed E-state index contributed by atoms with van der Waals surface area (Å²) >= 11 is 0. The van der Waals surface area contributed by atoms with Gasteiger partial charge in [-0.25, -0.2) is 0 Å². The van der Waals surface area contributed by atoms with Gasteiger partial charge >= 0.3 is 0 Å². The second-order valence-electron chi connectivity index (χ2n) is 5.26. The first-order chi connectivity index (χ1) is 10.7. The van der Waals surface area contributed by atoms with Gasteiger partial charge in [-0.05, 0) is 23.8 Å². The van der Waals surface area contributed by atoms with E-state index < -0.39 is 0 Å².